The van der Waals surface area contributed by atoms with E-state index < -0.39 is 0 Å². The molecule has 0 saturated carbocycles. The van der Waals surface area contributed by atoms with Crippen molar-refractivity contribution in [2.75, 3.05) is 0 Å². The number of aromatic nitrogens is 4. The molecule has 8 rings (SSSR count). The van der Waals surface area contributed by atoms with Gasteiger partial charge in [0.1, 0.15) is 17.3 Å². The zero-order valence-electron chi connectivity index (χ0n) is 25.7. The van der Waals surface area contributed by atoms with Gasteiger partial charge in [0.25, 0.3) is 0 Å². The molecule has 3 heterocycles. The summed E-state index contributed by atoms with van der Waals surface area (Å²) in [5.41, 5.74) is 11.7. The van der Waals surface area contributed by atoms with Crippen molar-refractivity contribution in [2.45, 2.75) is 46.5 Å². The summed E-state index contributed by atoms with van der Waals surface area (Å²) in [7, 11) is 0. The molecular weight excluding hydrogens is 540 g/mol. The van der Waals surface area contributed by atoms with E-state index in [0.717, 1.165) is 51.8 Å². The number of fused-ring (bicyclic) bond motifs is 6. The maximum absolute atomic E-state index is 6.71. The van der Waals surface area contributed by atoms with E-state index in [-0.39, 0.29) is 5.41 Å². The molecule has 1 aliphatic rings. The third-order valence-corrected chi connectivity index (χ3v) is 8.80. The normalized spacial score (nSPS) is 12.6. The van der Waals surface area contributed by atoms with E-state index in [1.165, 1.54) is 38.6 Å². The largest absolute Gasteiger partial charge is 0.457 e. The number of benzene rings is 4. The molecule has 0 spiro atoms. The molecule has 216 valence electrons. The minimum Gasteiger partial charge on any atom is -0.457 e. The van der Waals surface area contributed by atoms with Crippen LogP contribution in [0.15, 0.2) is 103 Å². The average molecular weight is 575 g/mol. The molecule has 0 bridgehead atoms. The molecule has 1 aliphatic carbocycles. The topological polar surface area (TPSA) is 44.9 Å². The van der Waals surface area contributed by atoms with Crippen LogP contribution in [0.2, 0.25) is 0 Å². The first-order valence-electron chi connectivity index (χ1n) is 15.2. The Morgan fingerprint density at radius 1 is 0.727 bits per heavy atom. The number of rotatable bonds is 4. The van der Waals surface area contributed by atoms with Gasteiger partial charge in [0.05, 0.1) is 22.4 Å². The summed E-state index contributed by atoms with van der Waals surface area (Å²) >= 11 is 0. The standard InChI is InChI=1S/C39H34N4O/c1-24-18-25(2)43(41-24)36-23-30(20-27-19-26-10-6-7-11-31(26)38(27)36)44-29-14-15-33-32-12-8-9-13-34(32)42(35(33)22-29)37-21-28(16-17-40-37)39(3,4)5/h6-18,20-23H,19H2,1-5H3. The van der Waals surface area contributed by atoms with Gasteiger partial charge in [-0.1, -0.05) is 63.2 Å². The lowest BCUT2D eigenvalue weighted by atomic mass is 9.88. The predicted octanol–water partition coefficient (Wildman–Crippen LogP) is 9.64. The second-order valence-corrected chi connectivity index (χ2v) is 12.9. The summed E-state index contributed by atoms with van der Waals surface area (Å²) in [6, 6.07) is 34.3. The highest BCUT2D eigenvalue weighted by molar-refractivity contribution is 6.09. The molecule has 0 amide bonds. The number of para-hydroxylation sites is 1. The van der Waals surface area contributed by atoms with Gasteiger partial charge in [-0.2, -0.15) is 5.10 Å². The molecule has 0 atom stereocenters. The molecule has 4 aromatic carbocycles. The molecule has 3 aromatic heterocycles. The van der Waals surface area contributed by atoms with Crippen LogP contribution < -0.4 is 4.74 Å². The van der Waals surface area contributed by atoms with Gasteiger partial charge in [-0.3, -0.25) is 4.57 Å². The van der Waals surface area contributed by atoms with Crippen molar-refractivity contribution in [1.29, 1.82) is 0 Å². The molecule has 5 nitrogen and oxygen atoms in total. The van der Waals surface area contributed by atoms with Crippen LogP contribution >= 0.6 is 0 Å². The lowest BCUT2D eigenvalue weighted by Crippen LogP contribution is -2.12. The summed E-state index contributed by atoms with van der Waals surface area (Å²) in [4.78, 5) is 4.84. The number of aryl methyl sites for hydroxylation is 2. The lowest BCUT2D eigenvalue weighted by molar-refractivity contribution is 0.482. The van der Waals surface area contributed by atoms with Crippen LogP contribution in [-0.4, -0.2) is 19.3 Å². The summed E-state index contributed by atoms with van der Waals surface area (Å²) in [5, 5.41) is 7.23. The summed E-state index contributed by atoms with van der Waals surface area (Å²) < 4.78 is 11.0. The Hall–Kier alpha value is -5.16. The smallest absolute Gasteiger partial charge is 0.137 e. The Morgan fingerprint density at radius 3 is 2.34 bits per heavy atom. The zero-order chi connectivity index (χ0) is 30.2. The van der Waals surface area contributed by atoms with Gasteiger partial charge in [0, 0.05) is 40.4 Å². The van der Waals surface area contributed by atoms with E-state index >= 15 is 0 Å². The molecule has 44 heavy (non-hydrogen) atoms. The quantitative estimate of drug-likeness (QED) is 0.210. The van der Waals surface area contributed by atoms with Crippen molar-refractivity contribution in [2.24, 2.45) is 0 Å². The fraction of sp³-hybridized carbons (Fsp3) is 0.179. The van der Waals surface area contributed by atoms with Gasteiger partial charge in [-0.25, -0.2) is 9.67 Å². The Balaban J connectivity index is 1.28. The highest BCUT2D eigenvalue weighted by atomic mass is 16.5. The van der Waals surface area contributed by atoms with E-state index in [9.17, 15) is 0 Å². The summed E-state index contributed by atoms with van der Waals surface area (Å²) in [6.45, 7) is 10.9. The van der Waals surface area contributed by atoms with Crippen LogP contribution in [0.5, 0.6) is 11.5 Å². The van der Waals surface area contributed by atoms with Crippen LogP contribution in [0.25, 0.3) is 44.4 Å². The van der Waals surface area contributed by atoms with Crippen molar-refractivity contribution in [1.82, 2.24) is 19.3 Å². The first-order chi connectivity index (χ1) is 21.2. The van der Waals surface area contributed by atoms with E-state index in [1.807, 2.05) is 13.1 Å². The minimum absolute atomic E-state index is 0.0150. The van der Waals surface area contributed by atoms with E-state index in [0.29, 0.717) is 0 Å². The average Bonchev–Trinajstić information content (AvgIpc) is 3.66. The fourth-order valence-electron chi connectivity index (χ4n) is 6.73. The highest BCUT2D eigenvalue weighted by Gasteiger charge is 2.25. The number of ether oxygens (including phenoxy) is 1. The third kappa shape index (κ3) is 4.22. The maximum Gasteiger partial charge on any atom is 0.137 e. The van der Waals surface area contributed by atoms with E-state index in [4.69, 9.17) is 14.8 Å². The first-order valence-corrected chi connectivity index (χ1v) is 15.2. The minimum atomic E-state index is 0.0150. The van der Waals surface area contributed by atoms with E-state index in [1.54, 1.807) is 0 Å². The number of nitrogens with zero attached hydrogens (tertiary/aromatic N) is 4. The monoisotopic (exact) mass is 574 g/mol. The molecule has 0 radical (unpaired) electrons. The number of pyridine rings is 1. The van der Waals surface area contributed by atoms with Gasteiger partial charge in [-0.05, 0) is 90.4 Å². The number of hydrogen-bond acceptors (Lipinski definition) is 3. The SMILES string of the molecule is Cc1cc(C)n(-c2cc(Oc3ccc4c5ccccc5n(-c5cc(C(C)(C)C)ccn5)c4c3)cc3c2-c2ccccc2C3)n1. The van der Waals surface area contributed by atoms with Crippen molar-refractivity contribution < 1.29 is 4.74 Å². The zero-order valence-corrected chi connectivity index (χ0v) is 25.7. The third-order valence-electron chi connectivity index (χ3n) is 8.80. The van der Waals surface area contributed by atoms with Gasteiger partial charge in [-0.15, -0.1) is 0 Å². The Labute approximate surface area is 257 Å². The van der Waals surface area contributed by atoms with Gasteiger partial charge in [0.2, 0.25) is 0 Å². The number of hydrogen-bond donors (Lipinski definition) is 0. The second kappa shape index (κ2) is 9.68. The molecule has 0 N–H and O–H groups in total. The van der Waals surface area contributed by atoms with Crippen LogP contribution in [0.1, 0.15) is 48.8 Å². The van der Waals surface area contributed by atoms with Crippen molar-refractivity contribution in [3.8, 4) is 34.1 Å². The lowest BCUT2D eigenvalue weighted by Gasteiger charge is -2.20. The molecule has 0 aliphatic heterocycles. The van der Waals surface area contributed by atoms with Gasteiger partial charge >= 0.3 is 0 Å². The Kier molecular flexibility index (Phi) is 5.82. The Bertz CT molecular complexity index is 2250. The second-order valence-electron chi connectivity index (χ2n) is 12.9. The fourth-order valence-corrected chi connectivity index (χ4v) is 6.73. The molecule has 0 unspecified atom stereocenters. The first kappa shape index (κ1) is 26.5. The van der Waals surface area contributed by atoms with E-state index in [2.05, 4.69) is 134 Å². The highest BCUT2D eigenvalue weighted by Crippen LogP contribution is 2.44. The molecule has 5 heteroatoms. The molecular formula is C39H34N4O. The van der Waals surface area contributed by atoms with Crippen LogP contribution in [0.3, 0.4) is 0 Å². The molecule has 0 fully saturated rings. The van der Waals surface area contributed by atoms with Crippen molar-refractivity contribution in [3.05, 3.63) is 131 Å². The van der Waals surface area contributed by atoms with Crippen molar-refractivity contribution >= 4 is 21.8 Å². The Morgan fingerprint density at radius 2 is 1.52 bits per heavy atom. The van der Waals surface area contributed by atoms with Crippen molar-refractivity contribution in [3.63, 3.8) is 0 Å². The summed E-state index contributed by atoms with van der Waals surface area (Å²) in [6.07, 6.45) is 2.79. The van der Waals surface area contributed by atoms with Crippen LogP contribution in [0, 0.1) is 13.8 Å². The van der Waals surface area contributed by atoms with Crippen LogP contribution in [0.4, 0.5) is 0 Å². The van der Waals surface area contributed by atoms with Crippen LogP contribution in [-0.2, 0) is 11.8 Å². The molecule has 0 saturated heterocycles. The summed E-state index contributed by atoms with van der Waals surface area (Å²) in [5.74, 6) is 2.49. The molecule has 7 aromatic rings. The van der Waals surface area contributed by atoms with Gasteiger partial charge in [0.15, 0.2) is 0 Å². The maximum atomic E-state index is 6.71. The predicted molar refractivity (Wildman–Crippen MR) is 179 cm³/mol. The van der Waals surface area contributed by atoms with Gasteiger partial charge < -0.3 is 4.74 Å².